The molecule has 1 atom stereocenters. The quantitative estimate of drug-likeness (QED) is 0.479. The van der Waals surface area contributed by atoms with Crippen LogP contribution in [0.25, 0.3) is 5.65 Å². The second-order valence-corrected chi connectivity index (χ2v) is 7.61. The number of aromatic nitrogens is 3. The molecule has 11 heteroatoms. The summed E-state index contributed by atoms with van der Waals surface area (Å²) in [6.07, 6.45) is 2.38. The number of urea groups is 1. The summed E-state index contributed by atoms with van der Waals surface area (Å²) < 4.78 is 1.60. The van der Waals surface area contributed by atoms with Crippen LogP contribution in [0, 0.1) is 0 Å². The number of halogens is 1. The number of phenols is 1. The van der Waals surface area contributed by atoms with Crippen molar-refractivity contribution in [2.45, 2.75) is 19.4 Å². The Kier molecular flexibility index (Phi) is 5.81. The fourth-order valence-electron chi connectivity index (χ4n) is 3.46. The van der Waals surface area contributed by atoms with Crippen molar-refractivity contribution in [3.05, 3.63) is 47.1 Å². The molecule has 3 aromatic rings. The molecule has 1 saturated heterocycles. The maximum atomic E-state index is 12.5. The lowest BCUT2D eigenvalue weighted by Gasteiger charge is -2.18. The first kappa shape index (κ1) is 20.7. The number of phenolic OH excluding ortho intramolecular Hbond substituents is 1. The predicted molar refractivity (Wildman–Crippen MR) is 117 cm³/mol. The average molecular weight is 444 g/mol. The van der Waals surface area contributed by atoms with E-state index in [0.29, 0.717) is 36.1 Å². The van der Waals surface area contributed by atoms with Gasteiger partial charge in [0.1, 0.15) is 11.6 Å². The van der Waals surface area contributed by atoms with Crippen LogP contribution in [-0.4, -0.2) is 57.3 Å². The van der Waals surface area contributed by atoms with Crippen LogP contribution in [0.2, 0.25) is 5.02 Å². The minimum Gasteiger partial charge on any atom is -0.507 e. The van der Waals surface area contributed by atoms with Crippen LogP contribution >= 0.6 is 11.6 Å². The van der Waals surface area contributed by atoms with E-state index in [-0.39, 0.29) is 29.3 Å². The average Bonchev–Trinajstić information content (AvgIpc) is 3.35. The summed E-state index contributed by atoms with van der Waals surface area (Å²) in [5.41, 5.74) is 0.757. The Hall–Kier alpha value is -3.53. The summed E-state index contributed by atoms with van der Waals surface area (Å²) in [5.74, 6) is 0.659. The lowest BCUT2D eigenvalue weighted by atomic mass is 10.1. The van der Waals surface area contributed by atoms with Gasteiger partial charge in [-0.25, -0.2) is 14.3 Å². The van der Waals surface area contributed by atoms with Crippen molar-refractivity contribution in [3.8, 4) is 5.75 Å². The fraction of sp³-hybridized carbons (Fsp3) is 0.300. The van der Waals surface area contributed by atoms with Crippen molar-refractivity contribution in [2.24, 2.45) is 0 Å². The van der Waals surface area contributed by atoms with E-state index in [2.05, 4.69) is 30.9 Å². The van der Waals surface area contributed by atoms with Gasteiger partial charge in [-0.1, -0.05) is 11.6 Å². The van der Waals surface area contributed by atoms with Gasteiger partial charge in [-0.05, 0) is 43.7 Å². The molecule has 0 aliphatic carbocycles. The zero-order valence-electron chi connectivity index (χ0n) is 16.8. The van der Waals surface area contributed by atoms with E-state index >= 15 is 0 Å². The van der Waals surface area contributed by atoms with Gasteiger partial charge in [0.15, 0.2) is 11.5 Å². The summed E-state index contributed by atoms with van der Waals surface area (Å²) in [5, 5.41) is 23.1. The monoisotopic (exact) mass is 443 g/mol. The van der Waals surface area contributed by atoms with Crippen molar-refractivity contribution in [1.29, 1.82) is 0 Å². The number of aromatic hydroxyl groups is 1. The minimum absolute atomic E-state index is 0.0962. The van der Waals surface area contributed by atoms with Crippen molar-refractivity contribution in [1.82, 2.24) is 25.2 Å². The first-order valence-corrected chi connectivity index (χ1v) is 10.3. The van der Waals surface area contributed by atoms with Gasteiger partial charge in [-0.15, -0.1) is 5.10 Å². The number of hydrogen-bond donors (Lipinski definition) is 4. The molecule has 0 bridgehead atoms. The van der Waals surface area contributed by atoms with E-state index in [4.69, 9.17) is 11.6 Å². The highest BCUT2D eigenvalue weighted by molar-refractivity contribution is 6.31. The van der Waals surface area contributed by atoms with Crippen molar-refractivity contribution in [2.75, 3.05) is 29.9 Å². The van der Waals surface area contributed by atoms with Gasteiger partial charge in [0.2, 0.25) is 0 Å². The number of nitrogens with zero attached hydrogens (tertiary/aromatic N) is 4. The molecule has 1 fully saturated rings. The highest BCUT2D eigenvalue weighted by Gasteiger charge is 2.26. The second kappa shape index (κ2) is 8.68. The third-order valence-corrected chi connectivity index (χ3v) is 5.17. The van der Waals surface area contributed by atoms with E-state index in [1.165, 1.54) is 18.2 Å². The number of hydrogen-bond acceptors (Lipinski definition) is 6. The highest BCUT2D eigenvalue weighted by atomic mass is 35.5. The summed E-state index contributed by atoms with van der Waals surface area (Å²) in [6.45, 7) is 3.64. The number of anilines is 2. The zero-order valence-corrected chi connectivity index (χ0v) is 17.6. The molecule has 1 aromatic carbocycles. The van der Waals surface area contributed by atoms with Crippen LogP contribution in [0.3, 0.4) is 0 Å². The largest absolute Gasteiger partial charge is 0.507 e. The number of rotatable bonds is 5. The van der Waals surface area contributed by atoms with Crippen molar-refractivity contribution < 1.29 is 14.7 Å². The highest BCUT2D eigenvalue weighted by Crippen LogP contribution is 2.23. The molecule has 10 nitrogen and oxygen atoms in total. The number of benzene rings is 1. The first-order valence-electron chi connectivity index (χ1n) is 9.88. The molecular weight excluding hydrogens is 422 g/mol. The third-order valence-electron chi connectivity index (χ3n) is 4.94. The van der Waals surface area contributed by atoms with Gasteiger partial charge in [-0.3, -0.25) is 10.1 Å². The first-order chi connectivity index (χ1) is 14.9. The van der Waals surface area contributed by atoms with E-state index in [9.17, 15) is 14.7 Å². The number of nitrogens with one attached hydrogen (secondary N) is 3. The topological polar surface area (TPSA) is 124 Å². The molecular formula is C20H22ClN7O3. The molecule has 4 rings (SSSR count). The summed E-state index contributed by atoms with van der Waals surface area (Å²) >= 11 is 5.93. The summed E-state index contributed by atoms with van der Waals surface area (Å²) in [7, 11) is 0. The van der Waals surface area contributed by atoms with E-state index < -0.39 is 0 Å². The van der Waals surface area contributed by atoms with Crippen molar-refractivity contribution >= 4 is 40.8 Å². The molecule has 31 heavy (non-hydrogen) atoms. The van der Waals surface area contributed by atoms with Gasteiger partial charge in [0.05, 0.1) is 11.8 Å². The smallest absolute Gasteiger partial charge is 0.320 e. The summed E-state index contributed by atoms with van der Waals surface area (Å²) in [6, 6.07) is 7.63. The Morgan fingerprint density at radius 3 is 2.94 bits per heavy atom. The molecule has 0 saturated carbocycles. The maximum Gasteiger partial charge on any atom is 0.320 e. The molecule has 4 N–H and O–H groups in total. The Balaban J connectivity index is 1.42. The van der Waals surface area contributed by atoms with Crippen LogP contribution in [0.5, 0.6) is 5.75 Å². The lowest BCUT2D eigenvalue weighted by molar-refractivity contribution is 0.0937. The number of fused-ring (bicyclic) bond motifs is 1. The predicted octanol–water partition coefficient (Wildman–Crippen LogP) is 2.24. The molecule has 3 heterocycles. The molecule has 3 amide bonds. The van der Waals surface area contributed by atoms with Crippen LogP contribution in [-0.2, 0) is 0 Å². The lowest BCUT2D eigenvalue weighted by Crippen LogP contribution is -2.37. The van der Waals surface area contributed by atoms with Crippen LogP contribution < -0.4 is 20.9 Å². The molecule has 2 aromatic heterocycles. The third kappa shape index (κ3) is 4.64. The zero-order chi connectivity index (χ0) is 22.0. The SMILES string of the molecule is CCNC(=O)Nc1cn2nc(N3CC[C@H](NC(=O)c4cc(Cl)ccc4O)C3)ccc2n1. The van der Waals surface area contributed by atoms with Gasteiger partial charge >= 0.3 is 6.03 Å². The molecule has 162 valence electrons. The number of carbonyl (C=O) groups is 2. The van der Waals surface area contributed by atoms with Gasteiger partial charge in [0, 0.05) is 30.7 Å². The normalized spacial score (nSPS) is 15.8. The number of amides is 3. The molecule has 1 aliphatic heterocycles. The Morgan fingerprint density at radius 1 is 1.29 bits per heavy atom. The van der Waals surface area contributed by atoms with Gasteiger partial charge in [-0.2, -0.15) is 0 Å². The molecule has 0 unspecified atom stereocenters. The Bertz CT molecular complexity index is 1130. The van der Waals surface area contributed by atoms with E-state index in [1.54, 1.807) is 10.7 Å². The minimum atomic E-state index is -0.369. The maximum absolute atomic E-state index is 12.5. The molecule has 0 spiro atoms. The van der Waals surface area contributed by atoms with Crippen LogP contribution in [0.1, 0.15) is 23.7 Å². The Morgan fingerprint density at radius 2 is 2.13 bits per heavy atom. The second-order valence-electron chi connectivity index (χ2n) is 7.17. The molecule has 1 aliphatic rings. The van der Waals surface area contributed by atoms with E-state index in [0.717, 1.165) is 12.2 Å². The fourth-order valence-corrected chi connectivity index (χ4v) is 3.63. The van der Waals surface area contributed by atoms with Gasteiger partial charge in [0.25, 0.3) is 5.91 Å². The van der Waals surface area contributed by atoms with E-state index in [1.807, 2.05) is 19.1 Å². The Labute approximate surface area is 183 Å². The van der Waals surface area contributed by atoms with Crippen LogP contribution in [0.15, 0.2) is 36.5 Å². The number of carbonyl (C=O) groups excluding carboxylic acids is 2. The van der Waals surface area contributed by atoms with Gasteiger partial charge < -0.3 is 20.6 Å². The summed E-state index contributed by atoms with van der Waals surface area (Å²) in [4.78, 5) is 30.6. The van der Waals surface area contributed by atoms with Crippen molar-refractivity contribution in [3.63, 3.8) is 0 Å². The van der Waals surface area contributed by atoms with Crippen LogP contribution in [0.4, 0.5) is 16.4 Å². The number of imidazole rings is 1. The molecule has 0 radical (unpaired) electrons. The standard InChI is InChI=1S/C20H22ClN7O3/c1-2-22-20(31)25-16-11-28-17(24-16)5-6-18(26-28)27-8-7-13(10-27)23-19(30)14-9-12(21)3-4-15(14)29/h3-6,9,11,13,29H,2,7-8,10H2,1H3,(H,23,30)(H2,22,25,31)/t13-/m0/s1.